The first-order valence-corrected chi connectivity index (χ1v) is 35.6. The SMILES string of the molecule is CCOCCCCCOP(=O)([O-])OCCOCCCCCOP(=O)([O-])OC[C@H]1O[C@](O)(CO)C(O)[C@H]1OP(C)(=O)[O-].CN(C(=O)CCCCCCC(=O)CCCCCCOP(C)(=O)[O-])[C@H]1CC[C@@H](c2ccc(Cl)c(Cl)c2)c2ccccc21. The number of aliphatic hydroxyl groups excluding tert-OH is 2. The van der Waals surface area contributed by atoms with Crippen LogP contribution in [0.25, 0.3) is 0 Å². The monoisotopic (exact) mass is 1280 g/mol. The molecule has 3 N–H and O–H groups in total. The Balaban J connectivity index is 0.000000430. The lowest BCUT2D eigenvalue weighted by molar-refractivity contribution is -0.253. The van der Waals surface area contributed by atoms with Crippen LogP contribution in [-0.2, 0) is 69.2 Å². The fourth-order valence-corrected chi connectivity index (χ4v) is 12.1. The Morgan fingerprint density at radius 1 is 0.659 bits per heavy atom. The Bertz CT molecular complexity index is 2380. The molecule has 2 aliphatic rings. The number of fused-ring (bicyclic) bond motifs is 1. The van der Waals surface area contributed by atoms with Gasteiger partial charge < -0.3 is 90.3 Å². The molecule has 2 aromatic carbocycles. The molecule has 2 aromatic rings. The highest BCUT2D eigenvalue weighted by Gasteiger charge is 2.55. The molecular weight excluding hydrogens is 1200 g/mol. The Labute approximate surface area is 493 Å². The molecule has 0 radical (unpaired) electrons. The maximum Gasteiger partial charge on any atom is 0.267 e. The van der Waals surface area contributed by atoms with E-state index < -0.39 is 68.1 Å². The van der Waals surface area contributed by atoms with Crippen LogP contribution < -0.4 is 19.6 Å². The molecule has 0 spiro atoms. The summed E-state index contributed by atoms with van der Waals surface area (Å²) in [5.41, 5.74) is 3.59. The van der Waals surface area contributed by atoms with Crippen LogP contribution in [0.4, 0.5) is 0 Å². The number of hydrogen-bond donors (Lipinski definition) is 3. The van der Waals surface area contributed by atoms with Crippen molar-refractivity contribution >= 4 is 65.7 Å². The van der Waals surface area contributed by atoms with E-state index in [-0.39, 0.29) is 63.3 Å². The van der Waals surface area contributed by atoms with Crippen molar-refractivity contribution in [3.8, 4) is 0 Å². The first-order valence-electron chi connectivity index (χ1n) is 28.0. The third-order valence-corrected chi connectivity index (χ3v) is 17.4. The molecule has 1 fully saturated rings. The van der Waals surface area contributed by atoms with Gasteiger partial charge in [0.1, 0.15) is 39.3 Å². The lowest BCUT2D eigenvalue weighted by Crippen LogP contribution is -2.46. The molecule has 4 rings (SSSR count). The average Bonchev–Trinajstić information content (AvgIpc) is 3.87. The second-order valence-corrected chi connectivity index (χ2v) is 27.4. The molecule has 1 amide bonds. The summed E-state index contributed by atoms with van der Waals surface area (Å²) in [4.78, 5) is 73.2. The van der Waals surface area contributed by atoms with Crippen LogP contribution >= 0.6 is 54.0 Å². The largest absolute Gasteiger partial charge is 0.779 e. The van der Waals surface area contributed by atoms with Crippen LogP contribution in [0.3, 0.4) is 0 Å². The Morgan fingerprint density at radius 2 is 1.18 bits per heavy atom. The molecule has 29 heteroatoms. The molecule has 0 saturated carbocycles. The number of carbonyl (C=O) groups is 2. The average molecular weight is 1280 g/mol. The summed E-state index contributed by atoms with van der Waals surface area (Å²) in [5, 5.41) is 30.5. The van der Waals surface area contributed by atoms with Crippen LogP contribution in [0.1, 0.15) is 158 Å². The number of carbonyl (C=O) groups excluding carboxylic acids is 2. The number of hydrogen-bond acceptors (Lipinski definition) is 22. The molecular formula is C53H85Cl2NO22P4-4. The number of phosphoric ester groups is 2. The fourth-order valence-electron chi connectivity index (χ4n) is 9.16. The van der Waals surface area contributed by atoms with Crippen molar-refractivity contribution in [1.29, 1.82) is 0 Å². The van der Waals surface area contributed by atoms with Crippen LogP contribution in [0.2, 0.25) is 10.0 Å². The van der Waals surface area contributed by atoms with Gasteiger partial charge in [-0.15, -0.1) is 0 Å². The second kappa shape index (κ2) is 38.7. The first kappa shape index (κ1) is 74.7. The number of amides is 1. The molecule has 0 bridgehead atoms. The van der Waals surface area contributed by atoms with E-state index in [0.717, 1.165) is 82.9 Å². The number of ether oxygens (including phenoxy) is 3. The van der Waals surface area contributed by atoms with Crippen LogP contribution in [0, 0.1) is 0 Å². The lowest BCUT2D eigenvalue weighted by Gasteiger charge is -2.37. The quantitative estimate of drug-likeness (QED) is 0.0420. The van der Waals surface area contributed by atoms with E-state index in [0.29, 0.717) is 81.3 Å². The maximum atomic E-state index is 13.1. The van der Waals surface area contributed by atoms with Crippen molar-refractivity contribution in [1.82, 2.24) is 4.90 Å². The topological polar surface area (TPSA) is 342 Å². The molecule has 5 unspecified atom stereocenters. The minimum absolute atomic E-state index is 0.0118. The van der Waals surface area contributed by atoms with Gasteiger partial charge in [-0.3, -0.25) is 18.7 Å². The molecule has 82 heavy (non-hydrogen) atoms. The van der Waals surface area contributed by atoms with Gasteiger partial charge in [-0.05, 0) is 113 Å². The smallest absolute Gasteiger partial charge is 0.267 e. The van der Waals surface area contributed by atoms with Crippen molar-refractivity contribution in [2.45, 2.75) is 165 Å². The molecule has 23 nitrogen and oxygen atoms in total. The summed E-state index contributed by atoms with van der Waals surface area (Å²) in [5.74, 6) is -1.91. The third-order valence-electron chi connectivity index (χ3n) is 13.4. The van der Waals surface area contributed by atoms with Crippen LogP contribution in [0.5, 0.6) is 0 Å². The number of ketones is 1. The zero-order valence-corrected chi connectivity index (χ0v) is 52.6. The highest BCUT2D eigenvalue weighted by Crippen LogP contribution is 2.46. The van der Waals surface area contributed by atoms with Gasteiger partial charge in [0.15, 0.2) is 0 Å². The van der Waals surface area contributed by atoms with Crippen molar-refractivity contribution < 1.29 is 104 Å². The summed E-state index contributed by atoms with van der Waals surface area (Å²) in [6.07, 6.45) is 8.52. The summed E-state index contributed by atoms with van der Waals surface area (Å²) >= 11 is 12.4. The number of nitrogens with zero attached hydrogens (tertiary/aromatic N) is 1. The number of unbranched alkanes of at least 4 members (excludes halogenated alkanes) is 10. The van der Waals surface area contributed by atoms with E-state index in [9.17, 15) is 62.7 Å². The van der Waals surface area contributed by atoms with Gasteiger partial charge in [-0.2, -0.15) is 0 Å². The maximum absolute atomic E-state index is 13.1. The van der Waals surface area contributed by atoms with Gasteiger partial charge in [0.25, 0.3) is 15.6 Å². The van der Waals surface area contributed by atoms with E-state index in [2.05, 4.69) is 27.2 Å². The van der Waals surface area contributed by atoms with Gasteiger partial charge in [0, 0.05) is 65.4 Å². The zero-order chi connectivity index (χ0) is 60.8. The molecule has 0 aromatic heterocycles. The van der Waals surface area contributed by atoms with Gasteiger partial charge in [0.2, 0.25) is 11.7 Å². The third kappa shape index (κ3) is 29.9. The lowest BCUT2D eigenvalue weighted by atomic mass is 9.76. The first-order chi connectivity index (χ1) is 38.7. The normalized spacial score (nSPS) is 22.7. The van der Waals surface area contributed by atoms with Crippen LogP contribution in [0.15, 0.2) is 42.5 Å². The van der Waals surface area contributed by atoms with Crippen molar-refractivity contribution in [3.63, 3.8) is 0 Å². The van der Waals surface area contributed by atoms with Crippen molar-refractivity contribution in [2.24, 2.45) is 0 Å². The standard InChI is InChI=1S/C32H44Cl2NO5P.C21H45O17P3/c1-35(31-21-19-26(27-15-10-11-16-28(27)31)24-18-20-29(33)30(34)23-24)32(37)17-9-4-3-7-13-25(36)14-8-5-6-12-22-40-41(2,38)39;1-3-31-10-6-4-8-12-33-40(27,28)35-15-14-32-11-7-5-9-13-34-41(29,30)36-16-18-19(38-39(2,25)26)20(23)21(24,17-22)37-18/h10-11,15-16,18,20,23,26,31H,3-9,12-14,17,19,21-22H2,1-2H3,(H,38,39);18-20,22-24H,3-17H2,1-2H3,(H,25,26)(H,27,28)(H,29,30)/p-4/t26-,31-;18-,19+,20?,21-/m01/s1. The number of aliphatic hydroxyl groups is 3. The molecule has 472 valence electrons. The number of Topliss-reactive ketones (excluding diaryl/α,β-unsaturated/α-hetero) is 1. The number of benzene rings is 2. The number of phosphoric acid groups is 2. The minimum Gasteiger partial charge on any atom is -0.779 e. The fraction of sp³-hybridized carbons (Fsp3) is 0.736. The molecule has 10 atom stereocenters. The molecule has 1 aliphatic carbocycles. The number of rotatable bonds is 42. The Morgan fingerprint density at radius 3 is 1.76 bits per heavy atom. The van der Waals surface area contributed by atoms with Gasteiger partial charge in [-0.1, -0.05) is 79.2 Å². The van der Waals surface area contributed by atoms with Gasteiger partial charge in [-0.25, -0.2) is 0 Å². The minimum atomic E-state index is -4.88. The van der Waals surface area contributed by atoms with Crippen molar-refractivity contribution in [2.75, 3.05) is 86.4 Å². The zero-order valence-electron chi connectivity index (χ0n) is 47.5. The predicted molar refractivity (Wildman–Crippen MR) is 300 cm³/mol. The molecule has 1 heterocycles. The highest BCUT2D eigenvalue weighted by molar-refractivity contribution is 7.50. The van der Waals surface area contributed by atoms with E-state index in [1.165, 1.54) is 11.1 Å². The van der Waals surface area contributed by atoms with E-state index in [1.54, 1.807) is 0 Å². The van der Waals surface area contributed by atoms with Gasteiger partial charge in [0.05, 0.1) is 62.3 Å². The molecule has 1 aliphatic heterocycles. The van der Waals surface area contributed by atoms with E-state index >= 15 is 0 Å². The van der Waals surface area contributed by atoms with Gasteiger partial charge >= 0.3 is 0 Å². The second-order valence-electron chi connectivity index (χ2n) is 20.2. The van der Waals surface area contributed by atoms with Crippen LogP contribution in [-0.4, -0.2) is 142 Å². The van der Waals surface area contributed by atoms with Crippen molar-refractivity contribution in [3.05, 3.63) is 69.2 Å². The highest BCUT2D eigenvalue weighted by atomic mass is 35.5. The summed E-state index contributed by atoms with van der Waals surface area (Å²) in [7, 11) is -15.4. The predicted octanol–water partition coefficient (Wildman–Crippen LogP) is 7.87. The Hall–Kier alpha value is -1.56. The number of halogens is 2. The Kier molecular flexibility index (Phi) is 35.2. The van der Waals surface area contributed by atoms with E-state index in [4.69, 9.17) is 55.5 Å². The summed E-state index contributed by atoms with van der Waals surface area (Å²) in [6, 6.07) is 14.3. The summed E-state index contributed by atoms with van der Waals surface area (Å²) in [6.45, 7) is 3.01. The molecule has 1 saturated heterocycles. The van der Waals surface area contributed by atoms with E-state index in [1.807, 2.05) is 43.1 Å². The summed E-state index contributed by atoms with van der Waals surface area (Å²) < 4.78 is 89.8.